The van der Waals surface area contributed by atoms with E-state index in [1.807, 2.05) is 0 Å². The summed E-state index contributed by atoms with van der Waals surface area (Å²) >= 11 is 5.82. The van der Waals surface area contributed by atoms with Gasteiger partial charge >= 0.3 is 6.18 Å². The fourth-order valence-electron chi connectivity index (χ4n) is 2.83. The number of nitrogens with zero attached hydrogens (tertiary/aromatic N) is 4. The van der Waals surface area contributed by atoms with E-state index in [2.05, 4.69) is 20.3 Å². The number of anilines is 1. The van der Waals surface area contributed by atoms with Crippen LogP contribution in [0.5, 0.6) is 0 Å². The van der Waals surface area contributed by atoms with Gasteiger partial charge in [-0.25, -0.2) is 19.3 Å². The Morgan fingerprint density at radius 2 is 1.90 bits per heavy atom. The van der Waals surface area contributed by atoms with Crippen LogP contribution in [0.1, 0.15) is 30.7 Å². The molecule has 0 amide bonds. The Labute approximate surface area is 174 Å². The lowest BCUT2D eigenvalue weighted by molar-refractivity contribution is -0.140. The summed E-state index contributed by atoms with van der Waals surface area (Å²) < 4.78 is 54.3. The molecule has 0 aliphatic carbocycles. The van der Waals surface area contributed by atoms with Crippen LogP contribution in [0.4, 0.5) is 23.4 Å². The summed E-state index contributed by atoms with van der Waals surface area (Å²) in [7, 11) is 1.36. The first-order chi connectivity index (χ1) is 13.9. The van der Waals surface area contributed by atoms with Gasteiger partial charge in [0, 0.05) is 31.5 Å². The van der Waals surface area contributed by atoms with Crippen molar-refractivity contribution in [2.45, 2.75) is 32.2 Å². The van der Waals surface area contributed by atoms with E-state index in [0.717, 1.165) is 10.8 Å². The molecule has 0 aliphatic rings. The molecule has 11 heteroatoms. The molecule has 160 valence electrons. The van der Waals surface area contributed by atoms with E-state index < -0.39 is 23.3 Å². The predicted octanol–water partition coefficient (Wildman–Crippen LogP) is 4.53. The summed E-state index contributed by atoms with van der Waals surface area (Å²) in [5.41, 5.74) is -1.49. The fraction of sp³-hybridized carbons (Fsp3) is 0.316. The van der Waals surface area contributed by atoms with Crippen LogP contribution in [-0.2, 0) is 25.4 Å². The van der Waals surface area contributed by atoms with Crippen LogP contribution >= 0.6 is 11.6 Å². The van der Waals surface area contributed by atoms with Crippen molar-refractivity contribution in [3.63, 3.8) is 0 Å². The van der Waals surface area contributed by atoms with E-state index in [4.69, 9.17) is 11.6 Å². The molecule has 3 aromatic rings. The van der Waals surface area contributed by atoms with Crippen LogP contribution in [0.3, 0.4) is 0 Å². The average Bonchev–Trinajstić information content (AvgIpc) is 3.01. The Kier molecular flexibility index (Phi) is 5.74. The standard InChI is InChI=1S/C19H18ClF4N5O/c1-18(2,30)12-8-26-17(20)28-15(12)25-7-10-4-5-11(13(21)6-10)16-27-14(9-29(16)3)19(22,23)24/h4-6,8-9,30H,7H2,1-3H3,(H,25,26,28). The number of hydrogen-bond acceptors (Lipinski definition) is 5. The molecule has 0 aliphatic heterocycles. The number of nitrogens with one attached hydrogen (secondary N) is 1. The predicted molar refractivity (Wildman–Crippen MR) is 103 cm³/mol. The first-order valence-electron chi connectivity index (χ1n) is 8.75. The highest BCUT2D eigenvalue weighted by Crippen LogP contribution is 2.32. The lowest BCUT2D eigenvalue weighted by Gasteiger charge is -2.21. The van der Waals surface area contributed by atoms with Crippen molar-refractivity contribution in [3.05, 3.63) is 58.5 Å². The van der Waals surface area contributed by atoms with Crippen molar-refractivity contribution in [1.29, 1.82) is 0 Å². The van der Waals surface area contributed by atoms with E-state index in [-0.39, 0.29) is 29.0 Å². The van der Waals surface area contributed by atoms with Gasteiger partial charge in [-0.3, -0.25) is 0 Å². The maximum Gasteiger partial charge on any atom is 0.434 e. The normalized spacial score (nSPS) is 12.3. The molecule has 0 saturated carbocycles. The third kappa shape index (κ3) is 4.71. The minimum absolute atomic E-state index is 0.0257. The number of alkyl halides is 3. The van der Waals surface area contributed by atoms with Gasteiger partial charge < -0.3 is 15.0 Å². The molecule has 0 radical (unpaired) electrons. The summed E-state index contributed by atoms with van der Waals surface area (Å²) in [4.78, 5) is 11.4. The fourth-order valence-corrected chi connectivity index (χ4v) is 2.96. The monoisotopic (exact) mass is 443 g/mol. The van der Waals surface area contributed by atoms with Gasteiger partial charge in [0.2, 0.25) is 5.28 Å². The first kappa shape index (κ1) is 22.0. The van der Waals surface area contributed by atoms with E-state index in [1.54, 1.807) is 19.9 Å². The molecule has 6 nitrogen and oxygen atoms in total. The second-order valence-corrected chi connectivity index (χ2v) is 7.52. The number of rotatable bonds is 5. The summed E-state index contributed by atoms with van der Waals surface area (Å²) in [6, 6.07) is 4.11. The molecule has 2 N–H and O–H groups in total. The number of hydrogen-bond donors (Lipinski definition) is 2. The van der Waals surface area contributed by atoms with Crippen LogP contribution in [0.2, 0.25) is 5.28 Å². The van der Waals surface area contributed by atoms with E-state index in [1.165, 1.54) is 25.4 Å². The minimum atomic E-state index is -4.62. The van der Waals surface area contributed by atoms with Gasteiger partial charge in [0.25, 0.3) is 0 Å². The molecule has 0 atom stereocenters. The lowest BCUT2D eigenvalue weighted by atomic mass is 10.0. The second kappa shape index (κ2) is 7.84. The summed E-state index contributed by atoms with van der Waals surface area (Å²) in [5, 5.41) is 13.2. The SMILES string of the molecule is Cn1cc(C(F)(F)F)nc1-c1ccc(CNc2nc(Cl)ncc2C(C)(C)O)cc1F. The van der Waals surface area contributed by atoms with E-state index in [9.17, 15) is 22.7 Å². The zero-order valence-electron chi connectivity index (χ0n) is 16.2. The lowest BCUT2D eigenvalue weighted by Crippen LogP contribution is -2.20. The molecule has 0 spiro atoms. The van der Waals surface area contributed by atoms with E-state index >= 15 is 0 Å². The molecule has 30 heavy (non-hydrogen) atoms. The van der Waals surface area contributed by atoms with Gasteiger partial charge in [0.05, 0.1) is 11.2 Å². The van der Waals surface area contributed by atoms with Gasteiger partial charge in [-0.2, -0.15) is 13.2 Å². The van der Waals surface area contributed by atoms with Crippen LogP contribution in [-0.4, -0.2) is 24.6 Å². The van der Waals surface area contributed by atoms with Gasteiger partial charge in [-0.05, 0) is 43.1 Å². The largest absolute Gasteiger partial charge is 0.434 e. The number of aromatic nitrogens is 4. The van der Waals surface area contributed by atoms with Crippen LogP contribution in [0, 0.1) is 5.82 Å². The van der Waals surface area contributed by atoms with Crippen LogP contribution in [0.15, 0.2) is 30.6 Å². The number of aryl methyl sites for hydroxylation is 1. The smallest absolute Gasteiger partial charge is 0.386 e. The Morgan fingerprint density at radius 1 is 1.20 bits per heavy atom. The molecule has 0 saturated heterocycles. The van der Waals surface area contributed by atoms with Crippen molar-refractivity contribution < 1.29 is 22.7 Å². The van der Waals surface area contributed by atoms with E-state index in [0.29, 0.717) is 11.1 Å². The van der Waals surface area contributed by atoms with Gasteiger partial charge in [0.15, 0.2) is 5.69 Å². The molecular weight excluding hydrogens is 426 g/mol. The van der Waals surface area contributed by atoms with Gasteiger partial charge in [-0.1, -0.05) is 6.07 Å². The van der Waals surface area contributed by atoms with Crippen molar-refractivity contribution >= 4 is 17.4 Å². The molecule has 3 rings (SSSR count). The Bertz CT molecular complexity index is 1080. The van der Waals surface area contributed by atoms with Crippen LogP contribution < -0.4 is 5.32 Å². The van der Waals surface area contributed by atoms with Crippen molar-refractivity contribution in [1.82, 2.24) is 19.5 Å². The molecular formula is C19H18ClF4N5O. The van der Waals surface area contributed by atoms with Crippen LogP contribution in [0.25, 0.3) is 11.4 Å². The minimum Gasteiger partial charge on any atom is -0.386 e. The zero-order chi connectivity index (χ0) is 22.3. The molecule has 2 heterocycles. The Balaban J connectivity index is 1.84. The van der Waals surface area contributed by atoms with Crippen molar-refractivity contribution in [2.75, 3.05) is 5.32 Å². The highest BCUT2D eigenvalue weighted by Gasteiger charge is 2.34. The Morgan fingerprint density at radius 3 is 2.47 bits per heavy atom. The third-order valence-electron chi connectivity index (χ3n) is 4.32. The summed E-state index contributed by atoms with van der Waals surface area (Å²) in [6.07, 6.45) is -2.42. The number of halogens is 5. The number of aliphatic hydroxyl groups is 1. The number of imidazole rings is 1. The van der Waals surface area contributed by atoms with Crippen molar-refractivity contribution in [3.8, 4) is 11.4 Å². The highest BCUT2D eigenvalue weighted by molar-refractivity contribution is 6.28. The summed E-state index contributed by atoms with van der Waals surface area (Å²) in [5.74, 6) is -0.572. The second-order valence-electron chi connectivity index (χ2n) is 7.19. The summed E-state index contributed by atoms with van der Waals surface area (Å²) in [6.45, 7) is 3.24. The molecule has 2 aromatic heterocycles. The van der Waals surface area contributed by atoms with Gasteiger partial charge in [0.1, 0.15) is 17.5 Å². The van der Waals surface area contributed by atoms with Gasteiger partial charge in [-0.15, -0.1) is 0 Å². The number of benzene rings is 1. The maximum atomic E-state index is 14.6. The molecule has 0 bridgehead atoms. The van der Waals surface area contributed by atoms with Crippen molar-refractivity contribution in [2.24, 2.45) is 7.05 Å². The zero-order valence-corrected chi connectivity index (χ0v) is 17.0. The quantitative estimate of drug-likeness (QED) is 0.447. The first-order valence-corrected chi connectivity index (χ1v) is 9.12. The topological polar surface area (TPSA) is 75.9 Å². The molecule has 0 unspecified atom stereocenters. The molecule has 1 aromatic carbocycles. The third-order valence-corrected chi connectivity index (χ3v) is 4.50. The maximum absolute atomic E-state index is 14.6. The average molecular weight is 444 g/mol. The Hall–Kier alpha value is -2.72. The molecule has 0 fully saturated rings. The highest BCUT2D eigenvalue weighted by atomic mass is 35.5.